The molecule has 0 atom stereocenters. The zero-order valence-corrected chi connectivity index (χ0v) is 10.2. The smallest absolute Gasteiger partial charge is 0.335 e. The maximum Gasteiger partial charge on any atom is 0.335 e. The van der Waals surface area contributed by atoms with Gasteiger partial charge in [-0.2, -0.15) is 0 Å². The molecule has 1 N–H and O–H groups in total. The highest BCUT2D eigenvalue weighted by molar-refractivity contribution is 7.98. The van der Waals surface area contributed by atoms with Crippen LogP contribution in [0.3, 0.4) is 0 Å². The van der Waals surface area contributed by atoms with E-state index in [-0.39, 0.29) is 11.4 Å². The molecule has 0 radical (unpaired) electrons. The predicted molar refractivity (Wildman–Crippen MR) is 67.2 cm³/mol. The molecule has 2 aromatic rings. The van der Waals surface area contributed by atoms with Crippen molar-refractivity contribution in [1.29, 1.82) is 0 Å². The molecule has 1 aromatic heterocycles. The van der Waals surface area contributed by atoms with Crippen LogP contribution in [0.15, 0.2) is 47.6 Å². The summed E-state index contributed by atoms with van der Waals surface area (Å²) in [5, 5.41) is 9.41. The molecule has 0 aliphatic rings. The Kier molecular flexibility index (Phi) is 3.94. The first-order valence-electron chi connectivity index (χ1n) is 5.22. The molecule has 0 spiro atoms. The number of aromatic carboxylic acids is 1. The Bertz CT molecular complexity index is 574. The van der Waals surface area contributed by atoms with Crippen molar-refractivity contribution in [3.63, 3.8) is 0 Å². The normalized spacial score (nSPS) is 10.3. The molecule has 1 heterocycles. The van der Waals surface area contributed by atoms with Crippen molar-refractivity contribution in [2.45, 2.75) is 10.8 Å². The summed E-state index contributed by atoms with van der Waals surface area (Å²) in [4.78, 5) is 14.8. The molecule has 0 amide bonds. The van der Waals surface area contributed by atoms with Crippen molar-refractivity contribution in [2.24, 2.45) is 0 Å². The van der Waals surface area contributed by atoms with E-state index in [1.54, 1.807) is 18.2 Å². The van der Waals surface area contributed by atoms with Gasteiger partial charge in [-0.15, -0.1) is 11.8 Å². The molecule has 1 aromatic carbocycles. The van der Waals surface area contributed by atoms with E-state index in [0.29, 0.717) is 16.3 Å². The van der Waals surface area contributed by atoms with E-state index < -0.39 is 5.97 Å². The minimum absolute atomic E-state index is 0.182. The molecular weight excluding hydrogens is 253 g/mol. The molecule has 0 aliphatic carbocycles. The number of thioether (sulfide) groups is 1. The number of hydrogen-bond acceptors (Lipinski definition) is 3. The van der Waals surface area contributed by atoms with Gasteiger partial charge in [-0.05, 0) is 23.8 Å². The topological polar surface area (TPSA) is 50.2 Å². The third-order valence-electron chi connectivity index (χ3n) is 2.32. The highest BCUT2D eigenvalue weighted by atomic mass is 32.2. The average molecular weight is 263 g/mol. The number of rotatable bonds is 4. The van der Waals surface area contributed by atoms with Gasteiger partial charge in [0.05, 0.1) is 10.6 Å². The van der Waals surface area contributed by atoms with Gasteiger partial charge in [0.2, 0.25) is 0 Å². The highest BCUT2D eigenvalue weighted by Crippen LogP contribution is 2.22. The van der Waals surface area contributed by atoms with Crippen LogP contribution in [0, 0.1) is 5.82 Å². The summed E-state index contributed by atoms with van der Waals surface area (Å²) in [6.45, 7) is 0. The van der Waals surface area contributed by atoms with Crippen molar-refractivity contribution in [3.8, 4) is 0 Å². The van der Waals surface area contributed by atoms with Gasteiger partial charge in [-0.25, -0.2) is 14.2 Å². The Labute approximate surface area is 108 Å². The summed E-state index contributed by atoms with van der Waals surface area (Å²) >= 11 is 1.30. The zero-order chi connectivity index (χ0) is 13.0. The van der Waals surface area contributed by atoms with Crippen LogP contribution in [-0.2, 0) is 5.75 Å². The second kappa shape index (κ2) is 5.64. The second-order valence-corrected chi connectivity index (χ2v) is 4.56. The van der Waals surface area contributed by atoms with Gasteiger partial charge in [-0.3, -0.25) is 0 Å². The highest BCUT2D eigenvalue weighted by Gasteiger charge is 2.06. The van der Waals surface area contributed by atoms with Crippen molar-refractivity contribution >= 4 is 17.7 Å². The summed E-state index contributed by atoms with van der Waals surface area (Å²) < 4.78 is 13.4. The Balaban J connectivity index is 2.09. The van der Waals surface area contributed by atoms with Gasteiger partial charge in [0.25, 0.3) is 0 Å². The van der Waals surface area contributed by atoms with Gasteiger partial charge in [0.15, 0.2) is 0 Å². The third-order valence-corrected chi connectivity index (χ3v) is 3.29. The number of hydrogen-bond donors (Lipinski definition) is 1. The molecule has 0 unspecified atom stereocenters. The first kappa shape index (κ1) is 12.6. The summed E-state index contributed by atoms with van der Waals surface area (Å²) in [5.41, 5.74) is 0.756. The quantitative estimate of drug-likeness (QED) is 0.860. The molecule has 2 rings (SSSR count). The SMILES string of the molecule is O=C(O)c1ccnc(SCc2ccccc2F)c1. The lowest BCUT2D eigenvalue weighted by Gasteiger charge is -2.03. The first-order chi connectivity index (χ1) is 8.66. The Hall–Kier alpha value is -1.88. The standard InChI is InChI=1S/C13H10FNO2S/c14-11-4-2-1-3-10(11)8-18-12-7-9(13(16)17)5-6-15-12/h1-7H,8H2,(H,16,17). The zero-order valence-electron chi connectivity index (χ0n) is 9.34. The predicted octanol–water partition coefficient (Wildman–Crippen LogP) is 3.21. The van der Waals surface area contributed by atoms with E-state index >= 15 is 0 Å². The molecular formula is C13H10FNO2S. The van der Waals surface area contributed by atoms with Gasteiger partial charge in [-0.1, -0.05) is 18.2 Å². The number of carboxylic acid groups (broad SMARTS) is 1. The lowest BCUT2D eigenvalue weighted by atomic mass is 10.2. The van der Waals surface area contributed by atoms with E-state index in [1.807, 2.05) is 0 Å². The van der Waals surface area contributed by atoms with Crippen molar-refractivity contribution in [3.05, 3.63) is 59.5 Å². The van der Waals surface area contributed by atoms with Gasteiger partial charge in [0, 0.05) is 11.9 Å². The van der Waals surface area contributed by atoms with Crippen LogP contribution < -0.4 is 0 Å². The molecule has 0 saturated heterocycles. The van der Waals surface area contributed by atoms with E-state index in [2.05, 4.69) is 4.98 Å². The summed E-state index contributed by atoms with van der Waals surface area (Å²) in [5.74, 6) is -0.840. The minimum Gasteiger partial charge on any atom is -0.478 e. The van der Waals surface area contributed by atoms with E-state index in [1.165, 1.54) is 36.2 Å². The van der Waals surface area contributed by atoms with Crippen LogP contribution in [0.25, 0.3) is 0 Å². The lowest BCUT2D eigenvalue weighted by Crippen LogP contribution is -1.97. The molecule has 5 heteroatoms. The maximum absolute atomic E-state index is 13.4. The number of carbonyl (C=O) groups is 1. The largest absolute Gasteiger partial charge is 0.478 e. The number of carboxylic acids is 1. The Morgan fingerprint density at radius 1 is 1.33 bits per heavy atom. The van der Waals surface area contributed by atoms with Crippen LogP contribution in [0.1, 0.15) is 15.9 Å². The van der Waals surface area contributed by atoms with Gasteiger partial charge >= 0.3 is 5.97 Å². The van der Waals surface area contributed by atoms with Crippen LogP contribution in [0.2, 0.25) is 0 Å². The number of pyridine rings is 1. The summed E-state index contributed by atoms with van der Waals surface area (Å²) in [6, 6.07) is 9.40. The van der Waals surface area contributed by atoms with E-state index in [9.17, 15) is 9.18 Å². The van der Waals surface area contributed by atoms with E-state index in [0.717, 1.165) is 0 Å². The molecule has 18 heavy (non-hydrogen) atoms. The molecule has 3 nitrogen and oxygen atoms in total. The Morgan fingerprint density at radius 2 is 2.11 bits per heavy atom. The summed E-state index contributed by atoms with van der Waals surface area (Å²) in [7, 11) is 0. The van der Waals surface area contributed by atoms with E-state index in [4.69, 9.17) is 5.11 Å². The molecule has 92 valence electrons. The number of aromatic nitrogens is 1. The van der Waals surface area contributed by atoms with Gasteiger partial charge in [0.1, 0.15) is 5.82 Å². The minimum atomic E-state index is -0.995. The lowest BCUT2D eigenvalue weighted by molar-refractivity contribution is 0.0696. The van der Waals surface area contributed by atoms with Crippen LogP contribution in [-0.4, -0.2) is 16.1 Å². The molecule has 0 saturated carbocycles. The number of halogens is 1. The number of nitrogens with zero attached hydrogens (tertiary/aromatic N) is 1. The van der Waals surface area contributed by atoms with Crippen molar-refractivity contribution < 1.29 is 14.3 Å². The molecule has 0 aliphatic heterocycles. The summed E-state index contributed by atoms with van der Waals surface area (Å²) in [6.07, 6.45) is 1.44. The fourth-order valence-electron chi connectivity index (χ4n) is 1.39. The Morgan fingerprint density at radius 3 is 2.83 bits per heavy atom. The fourth-order valence-corrected chi connectivity index (χ4v) is 2.27. The van der Waals surface area contributed by atoms with Crippen LogP contribution in [0.4, 0.5) is 4.39 Å². The third kappa shape index (κ3) is 3.07. The maximum atomic E-state index is 13.4. The van der Waals surface area contributed by atoms with Crippen LogP contribution in [0.5, 0.6) is 0 Å². The number of benzene rings is 1. The average Bonchev–Trinajstić information content (AvgIpc) is 2.38. The molecule has 0 bridgehead atoms. The van der Waals surface area contributed by atoms with Crippen molar-refractivity contribution in [1.82, 2.24) is 4.98 Å². The molecule has 0 fully saturated rings. The van der Waals surface area contributed by atoms with Gasteiger partial charge < -0.3 is 5.11 Å². The second-order valence-electron chi connectivity index (χ2n) is 3.57. The fraction of sp³-hybridized carbons (Fsp3) is 0.0769. The van der Waals surface area contributed by atoms with Crippen LogP contribution >= 0.6 is 11.8 Å². The monoisotopic (exact) mass is 263 g/mol. The van der Waals surface area contributed by atoms with Crippen molar-refractivity contribution in [2.75, 3.05) is 0 Å². The first-order valence-corrected chi connectivity index (χ1v) is 6.21.